The molecule has 7 heteroatoms. The number of hydrogen-bond donors (Lipinski definition) is 1. The molecule has 2 atom stereocenters. The Kier molecular flexibility index (Phi) is 11.0. The van der Waals surface area contributed by atoms with Crippen LogP contribution in [0.1, 0.15) is 65.2 Å². The minimum absolute atomic E-state index is 0.127. The minimum Gasteiger partial charge on any atom is -0.450 e. The van der Waals surface area contributed by atoms with E-state index < -0.39 is 24.5 Å². The molecule has 0 aromatic carbocycles. The monoisotopic (exact) mass is 360 g/mol. The highest BCUT2D eigenvalue weighted by Gasteiger charge is 2.31. The SMILES string of the molecule is CC(C)CCCCCOCCOC(=O)OC1CCCCC1OC(=O)O. The van der Waals surface area contributed by atoms with Gasteiger partial charge in [0.2, 0.25) is 0 Å². The van der Waals surface area contributed by atoms with Crippen LogP contribution in [0.4, 0.5) is 9.59 Å². The van der Waals surface area contributed by atoms with E-state index in [1.54, 1.807) is 0 Å². The van der Waals surface area contributed by atoms with Gasteiger partial charge in [0.1, 0.15) is 18.8 Å². The molecule has 0 saturated heterocycles. The summed E-state index contributed by atoms with van der Waals surface area (Å²) in [5.74, 6) is 0.741. The summed E-state index contributed by atoms with van der Waals surface area (Å²) in [5.41, 5.74) is 0. The van der Waals surface area contributed by atoms with Crippen molar-refractivity contribution in [2.45, 2.75) is 77.4 Å². The fraction of sp³-hybridized carbons (Fsp3) is 0.889. The number of rotatable bonds is 11. The maximum absolute atomic E-state index is 11.7. The van der Waals surface area contributed by atoms with Crippen molar-refractivity contribution in [3.63, 3.8) is 0 Å². The van der Waals surface area contributed by atoms with Gasteiger partial charge in [0, 0.05) is 6.61 Å². The molecule has 0 heterocycles. The quantitative estimate of drug-likeness (QED) is 0.432. The predicted octanol–water partition coefficient (Wildman–Crippen LogP) is 4.38. The lowest BCUT2D eigenvalue weighted by molar-refractivity contribution is -0.0678. The van der Waals surface area contributed by atoms with Crippen molar-refractivity contribution in [2.24, 2.45) is 5.92 Å². The zero-order valence-electron chi connectivity index (χ0n) is 15.4. The maximum Gasteiger partial charge on any atom is 0.508 e. The van der Waals surface area contributed by atoms with E-state index in [1.807, 2.05) is 0 Å². The first-order valence-electron chi connectivity index (χ1n) is 9.29. The van der Waals surface area contributed by atoms with Gasteiger partial charge in [0.05, 0.1) is 6.61 Å². The number of ether oxygens (including phenoxy) is 4. The van der Waals surface area contributed by atoms with Crippen molar-refractivity contribution < 1.29 is 33.6 Å². The second-order valence-corrected chi connectivity index (χ2v) is 6.82. The highest BCUT2D eigenvalue weighted by molar-refractivity contribution is 5.60. The third-order valence-corrected chi connectivity index (χ3v) is 4.16. The summed E-state index contributed by atoms with van der Waals surface area (Å²) in [4.78, 5) is 22.3. The average Bonchev–Trinajstić information content (AvgIpc) is 2.54. The first-order chi connectivity index (χ1) is 12.0. The van der Waals surface area contributed by atoms with Gasteiger partial charge in [0.25, 0.3) is 0 Å². The van der Waals surface area contributed by atoms with E-state index in [1.165, 1.54) is 12.8 Å². The van der Waals surface area contributed by atoms with E-state index in [0.717, 1.165) is 31.6 Å². The van der Waals surface area contributed by atoms with Gasteiger partial charge in [-0.05, 0) is 38.0 Å². The maximum atomic E-state index is 11.7. The number of unbranched alkanes of at least 4 members (excludes halogenated alkanes) is 2. The molecule has 1 aliphatic carbocycles. The summed E-state index contributed by atoms with van der Waals surface area (Å²) in [5, 5.41) is 8.71. The molecule has 1 N–H and O–H groups in total. The van der Waals surface area contributed by atoms with Crippen molar-refractivity contribution in [1.82, 2.24) is 0 Å². The van der Waals surface area contributed by atoms with Crippen LogP contribution >= 0.6 is 0 Å². The van der Waals surface area contributed by atoms with E-state index >= 15 is 0 Å². The Morgan fingerprint density at radius 3 is 2.28 bits per heavy atom. The minimum atomic E-state index is -1.35. The first-order valence-corrected chi connectivity index (χ1v) is 9.29. The number of hydrogen-bond acceptors (Lipinski definition) is 6. The lowest BCUT2D eigenvalue weighted by Gasteiger charge is -2.29. The number of carboxylic acid groups (broad SMARTS) is 1. The first kappa shape index (κ1) is 21.5. The fourth-order valence-corrected chi connectivity index (χ4v) is 2.84. The molecule has 0 spiro atoms. The van der Waals surface area contributed by atoms with Crippen LogP contribution in [0.3, 0.4) is 0 Å². The number of carbonyl (C=O) groups excluding carboxylic acids is 1. The van der Waals surface area contributed by atoms with Crippen LogP contribution in [-0.4, -0.2) is 49.4 Å². The molecule has 0 bridgehead atoms. The molecule has 1 aliphatic rings. The Labute approximate surface area is 150 Å². The molecule has 0 aliphatic heterocycles. The Balaban J connectivity index is 2.05. The number of carbonyl (C=O) groups is 2. The smallest absolute Gasteiger partial charge is 0.450 e. The third kappa shape index (κ3) is 10.9. The van der Waals surface area contributed by atoms with Gasteiger partial charge in [-0.3, -0.25) is 0 Å². The largest absolute Gasteiger partial charge is 0.508 e. The standard InChI is InChI=1S/C18H32O7/c1-14(2)8-4-3-7-11-22-12-13-23-18(21)25-16-10-6-5-9-15(16)24-17(19)20/h14-16H,3-13H2,1-2H3,(H,19,20). The zero-order chi connectivity index (χ0) is 18.5. The molecule has 0 aromatic rings. The van der Waals surface area contributed by atoms with Gasteiger partial charge in [-0.1, -0.05) is 33.1 Å². The lowest BCUT2D eigenvalue weighted by atomic mass is 9.95. The normalized spacial score (nSPS) is 20.3. The van der Waals surface area contributed by atoms with Crippen LogP contribution in [0.15, 0.2) is 0 Å². The molecule has 25 heavy (non-hydrogen) atoms. The van der Waals surface area contributed by atoms with Gasteiger partial charge in [-0.2, -0.15) is 0 Å². The van der Waals surface area contributed by atoms with E-state index in [9.17, 15) is 9.59 Å². The third-order valence-electron chi connectivity index (χ3n) is 4.16. The molecule has 7 nitrogen and oxygen atoms in total. The summed E-state index contributed by atoms with van der Waals surface area (Å²) in [6.07, 6.45) is 4.15. The summed E-state index contributed by atoms with van der Waals surface area (Å²) in [6.45, 7) is 5.56. The van der Waals surface area contributed by atoms with Gasteiger partial charge < -0.3 is 24.1 Å². The van der Waals surface area contributed by atoms with Crippen LogP contribution in [-0.2, 0) is 18.9 Å². The van der Waals surface area contributed by atoms with E-state index in [0.29, 0.717) is 26.1 Å². The molecule has 2 unspecified atom stereocenters. The van der Waals surface area contributed by atoms with Gasteiger partial charge in [0.15, 0.2) is 0 Å². The molecule has 0 amide bonds. The Morgan fingerprint density at radius 2 is 1.64 bits per heavy atom. The van der Waals surface area contributed by atoms with Crippen LogP contribution in [0, 0.1) is 5.92 Å². The Hall–Kier alpha value is -1.50. The molecule has 1 rings (SSSR count). The molecular weight excluding hydrogens is 328 g/mol. The second-order valence-electron chi connectivity index (χ2n) is 6.82. The van der Waals surface area contributed by atoms with Crippen molar-refractivity contribution in [2.75, 3.05) is 19.8 Å². The summed E-state index contributed by atoms with van der Waals surface area (Å²) in [6, 6.07) is 0. The summed E-state index contributed by atoms with van der Waals surface area (Å²) in [7, 11) is 0. The average molecular weight is 360 g/mol. The van der Waals surface area contributed by atoms with Crippen LogP contribution in [0.2, 0.25) is 0 Å². The molecule has 146 valence electrons. The zero-order valence-corrected chi connectivity index (χ0v) is 15.4. The van der Waals surface area contributed by atoms with Crippen LogP contribution in [0.25, 0.3) is 0 Å². The van der Waals surface area contributed by atoms with E-state index in [-0.39, 0.29) is 6.61 Å². The molecule has 0 aromatic heterocycles. The highest BCUT2D eigenvalue weighted by Crippen LogP contribution is 2.24. The summed E-state index contributed by atoms with van der Waals surface area (Å²) >= 11 is 0. The fourth-order valence-electron chi connectivity index (χ4n) is 2.84. The van der Waals surface area contributed by atoms with Crippen LogP contribution < -0.4 is 0 Å². The predicted molar refractivity (Wildman–Crippen MR) is 91.7 cm³/mol. The topological polar surface area (TPSA) is 91.3 Å². The van der Waals surface area contributed by atoms with Crippen LogP contribution in [0.5, 0.6) is 0 Å². The lowest BCUT2D eigenvalue weighted by Crippen LogP contribution is -2.37. The molecule has 1 saturated carbocycles. The van der Waals surface area contributed by atoms with E-state index in [2.05, 4.69) is 13.8 Å². The Bertz CT molecular complexity index is 384. The second kappa shape index (κ2) is 12.8. The van der Waals surface area contributed by atoms with Gasteiger partial charge in [-0.15, -0.1) is 0 Å². The molecule has 1 fully saturated rings. The van der Waals surface area contributed by atoms with Crippen molar-refractivity contribution in [3.8, 4) is 0 Å². The summed E-state index contributed by atoms with van der Waals surface area (Å²) < 4.78 is 20.3. The van der Waals surface area contributed by atoms with Gasteiger partial charge in [-0.25, -0.2) is 9.59 Å². The molecule has 0 radical (unpaired) electrons. The Morgan fingerprint density at radius 1 is 0.960 bits per heavy atom. The highest BCUT2D eigenvalue weighted by atomic mass is 16.7. The van der Waals surface area contributed by atoms with Crippen molar-refractivity contribution >= 4 is 12.3 Å². The van der Waals surface area contributed by atoms with Gasteiger partial charge >= 0.3 is 12.3 Å². The van der Waals surface area contributed by atoms with E-state index in [4.69, 9.17) is 24.1 Å². The molecular formula is C18H32O7. The van der Waals surface area contributed by atoms with Crippen molar-refractivity contribution in [3.05, 3.63) is 0 Å². The van der Waals surface area contributed by atoms with Crippen molar-refractivity contribution in [1.29, 1.82) is 0 Å².